The smallest absolute Gasteiger partial charge is 0.338 e. The topological polar surface area (TPSA) is 64.4 Å². The van der Waals surface area contributed by atoms with E-state index >= 15 is 0 Å². The summed E-state index contributed by atoms with van der Waals surface area (Å²) in [6.45, 7) is 2.42. The number of carbonyl (C=O) groups is 2. The van der Waals surface area contributed by atoms with Crippen molar-refractivity contribution in [2.45, 2.75) is 24.8 Å². The number of benzene rings is 2. The molecule has 168 valence electrons. The molecular weight excluding hydrogens is 458 g/mol. The van der Waals surface area contributed by atoms with Gasteiger partial charge in [0.1, 0.15) is 5.69 Å². The highest BCUT2D eigenvalue weighted by atomic mass is 35.5. The van der Waals surface area contributed by atoms with Crippen molar-refractivity contribution in [2.75, 3.05) is 11.9 Å². The van der Waals surface area contributed by atoms with Gasteiger partial charge in [-0.1, -0.05) is 37.1 Å². The number of hydrogen-bond donors (Lipinski definition) is 1. The summed E-state index contributed by atoms with van der Waals surface area (Å²) < 4.78 is 8.78. The molecular formula is C25H22ClN3O3S. The maximum atomic E-state index is 13.2. The molecule has 6 nitrogen and oxygen atoms in total. The molecule has 0 aliphatic rings. The average Bonchev–Trinajstić information content (AvgIpc) is 3.11. The van der Waals surface area contributed by atoms with Gasteiger partial charge in [-0.3, -0.25) is 4.79 Å². The number of unbranched alkanes of at least 4 members (excludes halogenated alkanes) is 1. The Morgan fingerprint density at radius 2 is 1.88 bits per heavy atom. The van der Waals surface area contributed by atoms with Crippen LogP contribution in [0.3, 0.4) is 0 Å². The zero-order valence-electron chi connectivity index (χ0n) is 18.0. The number of imidazole rings is 1. The lowest BCUT2D eigenvalue weighted by Gasteiger charge is -2.09. The summed E-state index contributed by atoms with van der Waals surface area (Å²) in [7, 11) is 0. The SMILES string of the molecule is CCCCOC(=O)c1ccc(NC(=O)c2c([S-])n(-c3cccc(Cl)c3)c3cccc[n+]23)cc1. The van der Waals surface area contributed by atoms with Crippen LogP contribution in [-0.4, -0.2) is 23.1 Å². The van der Waals surface area contributed by atoms with E-state index in [9.17, 15) is 9.59 Å². The highest BCUT2D eigenvalue weighted by Gasteiger charge is 2.25. The molecule has 0 bridgehead atoms. The molecule has 4 aromatic rings. The fourth-order valence-electron chi connectivity index (χ4n) is 3.46. The molecule has 0 aliphatic carbocycles. The Bertz CT molecular complexity index is 1320. The maximum absolute atomic E-state index is 13.2. The number of esters is 1. The molecule has 1 N–H and O–H groups in total. The molecule has 0 atom stereocenters. The highest BCUT2D eigenvalue weighted by molar-refractivity contribution is 7.58. The van der Waals surface area contributed by atoms with Crippen molar-refractivity contribution >= 4 is 47.4 Å². The van der Waals surface area contributed by atoms with Gasteiger partial charge in [-0.05, 0) is 48.9 Å². The Kier molecular flexibility index (Phi) is 6.91. The molecule has 33 heavy (non-hydrogen) atoms. The quantitative estimate of drug-likeness (QED) is 0.176. The van der Waals surface area contributed by atoms with E-state index in [4.69, 9.17) is 29.0 Å². The van der Waals surface area contributed by atoms with Gasteiger partial charge in [-0.2, -0.15) is 4.40 Å². The fraction of sp³-hybridized carbons (Fsp3) is 0.160. The molecule has 4 rings (SSSR count). The summed E-state index contributed by atoms with van der Waals surface area (Å²) in [4.78, 5) is 25.3. The minimum atomic E-state index is -0.380. The van der Waals surface area contributed by atoms with Crippen molar-refractivity contribution in [3.8, 4) is 5.69 Å². The van der Waals surface area contributed by atoms with Crippen LogP contribution < -0.4 is 9.72 Å². The number of fused-ring (bicyclic) bond motifs is 1. The number of nitrogens with zero attached hydrogens (tertiary/aromatic N) is 2. The van der Waals surface area contributed by atoms with Crippen LogP contribution in [0.25, 0.3) is 11.3 Å². The molecule has 0 aliphatic heterocycles. The predicted octanol–water partition coefficient (Wildman–Crippen LogP) is 4.98. The molecule has 2 aromatic heterocycles. The molecule has 2 aromatic carbocycles. The summed E-state index contributed by atoms with van der Waals surface area (Å²) in [6.07, 6.45) is 3.56. The van der Waals surface area contributed by atoms with Gasteiger partial charge in [-0.25, -0.2) is 9.36 Å². The number of carbonyl (C=O) groups excluding carboxylic acids is 2. The first kappa shape index (κ1) is 22.8. The van der Waals surface area contributed by atoms with Gasteiger partial charge in [-0.15, -0.1) is 0 Å². The number of halogens is 1. The second-order valence-electron chi connectivity index (χ2n) is 7.42. The number of ether oxygens (including phenoxy) is 1. The van der Waals surface area contributed by atoms with Crippen LogP contribution in [0.1, 0.15) is 40.6 Å². The minimum absolute atomic E-state index is 0.323. The first-order valence-electron chi connectivity index (χ1n) is 10.6. The largest absolute Gasteiger partial charge is 0.732 e. The van der Waals surface area contributed by atoms with E-state index in [1.807, 2.05) is 41.8 Å². The molecule has 2 heterocycles. The maximum Gasteiger partial charge on any atom is 0.338 e. The zero-order valence-corrected chi connectivity index (χ0v) is 19.5. The molecule has 0 radical (unpaired) electrons. The van der Waals surface area contributed by atoms with Crippen molar-refractivity contribution in [3.63, 3.8) is 0 Å². The number of aromatic nitrogens is 2. The molecule has 0 unspecified atom stereocenters. The van der Waals surface area contributed by atoms with E-state index in [1.165, 1.54) is 0 Å². The Labute approximate surface area is 202 Å². The van der Waals surface area contributed by atoms with Gasteiger partial charge in [0.15, 0.2) is 0 Å². The summed E-state index contributed by atoms with van der Waals surface area (Å²) in [6, 6.07) is 19.5. The summed E-state index contributed by atoms with van der Waals surface area (Å²) in [5.41, 5.74) is 2.80. The number of anilines is 1. The standard InChI is InChI=1S/C25H22ClN3O3S/c1-2-3-15-32-25(31)17-10-12-19(13-11-17)27-23(30)22-24(33)29(20-8-6-7-18(26)16-20)21-9-4-5-14-28(21)22/h4-14,16H,2-3,15H2,1H3,(H-,27,30,31,33). The van der Waals surface area contributed by atoms with Gasteiger partial charge in [0.05, 0.1) is 18.4 Å². The van der Waals surface area contributed by atoms with Crippen LogP contribution in [0, 0.1) is 0 Å². The van der Waals surface area contributed by atoms with Crippen molar-refractivity contribution in [1.29, 1.82) is 0 Å². The Morgan fingerprint density at radius 3 is 2.61 bits per heavy atom. The summed E-state index contributed by atoms with van der Waals surface area (Å²) >= 11 is 11.9. The second kappa shape index (κ2) is 10.0. The third-order valence-corrected chi connectivity index (χ3v) is 5.72. The van der Waals surface area contributed by atoms with Crippen LogP contribution in [0.5, 0.6) is 0 Å². The lowest BCUT2D eigenvalue weighted by molar-refractivity contribution is -0.514. The van der Waals surface area contributed by atoms with Gasteiger partial charge in [0, 0.05) is 27.9 Å². The second-order valence-corrected chi connectivity index (χ2v) is 8.24. The van der Waals surface area contributed by atoms with E-state index in [1.54, 1.807) is 47.0 Å². The van der Waals surface area contributed by atoms with E-state index in [-0.39, 0.29) is 11.9 Å². The van der Waals surface area contributed by atoms with Crippen molar-refractivity contribution < 1.29 is 18.7 Å². The number of pyridine rings is 1. The number of rotatable bonds is 7. The number of amides is 1. The first-order chi connectivity index (χ1) is 16.0. The molecule has 0 spiro atoms. The predicted molar refractivity (Wildman–Crippen MR) is 129 cm³/mol. The Balaban J connectivity index is 1.62. The van der Waals surface area contributed by atoms with E-state index in [0.29, 0.717) is 33.6 Å². The highest BCUT2D eigenvalue weighted by Crippen LogP contribution is 2.22. The Hall–Kier alpha value is -3.42. The van der Waals surface area contributed by atoms with Crippen molar-refractivity contribution in [3.05, 3.63) is 89.2 Å². The van der Waals surface area contributed by atoms with Crippen LogP contribution in [0.4, 0.5) is 5.69 Å². The molecule has 1 amide bonds. The summed E-state index contributed by atoms with van der Waals surface area (Å²) in [5, 5.41) is 3.80. The molecule has 8 heteroatoms. The number of nitrogens with one attached hydrogen (secondary N) is 1. The Morgan fingerprint density at radius 1 is 1.09 bits per heavy atom. The van der Waals surface area contributed by atoms with Crippen molar-refractivity contribution in [2.24, 2.45) is 0 Å². The zero-order chi connectivity index (χ0) is 23.4. The van der Waals surface area contributed by atoms with Crippen LogP contribution >= 0.6 is 11.6 Å². The van der Waals surface area contributed by atoms with Crippen molar-refractivity contribution in [1.82, 2.24) is 4.57 Å². The van der Waals surface area contributed by atoms with Gasteiger partial charge >= 0.3 is 5.97 Å². The normalized spacial score (nSPS) is 10.8. The summed E-state index contributed by atoms with van der Waals surface area (Å²) in [5.74, 6) is -0.741. The lowest BCUT2D eigenvalue weighted by atomic mass is 10.2. The van der Waals surface area contributed by atoms with E-state index < -0.39 is 0 Å². The third kappa shape index (κ3) is 4.84. The monoisotopic (exact) mass is 479 g/mol. The third-order valence-electron chi connectivity index (χ3n) is 5.11. The average molecular weight is 480 g/mol. The minimum Gasteiger partial charge on any atom is -0.732 e. The number of hydrogen-bond acceptors (Lipinski definition) is 4. The molecule has 0 fully saturated rings. The van der Waals surface area contributed by atoms with Gasteiger partial charge < -0.3 is 22.7 Å². The molecule has 0 saturated carbocycles. The van der Waals surface area contributed by atoms with Crippen LogP contribution in [0.2, 0.25) is 5.02 Å². The van der Waals surface area contributed by atoms with Crippen LogP contribution in [0.15, 0.2) is 78.0 Å². The van der Waals surface area contributed by atoms with Crippen LogP contribution in [-0.2, 0) is 17.4 Å². The molecule has 0 saturated heterocycles. The van der Waals surface area contributed by atoms with Gasteiger partial charge in [0.25, 0.3) is 11.6 Å². The van der Waals surface area contributed by atoms with Gasteiger partial charge in [0.2, 0.25) is 5.69 Å². The van der Waals surface area contributed by atoms with E-state index in [2.05, 4.69) is 5.32 Å². The van der Waals surface area contributed by atoms with E-state index in [0.717, 1.165) is 24.2 Å². The fourth-order valence-corrected chi connectivity index (χ4v) is 4.04. The first-order valence-corrected chi connectivity index (χ1v) is 11.3. The lowest BCUT2D eigenvalue weighted by Crippen LogP contribution is -2.30.